The van der Waals surface area contributed by atoms with Crippen LogP contribution in [0.4, 0.5) is 5.69 Å². The second-order valence-electron chi connectivity index (χ2n) is 5.04. The second-order valence-corrected chi connectivity index (χ2v) is 5.04. The van der Waals surface area contributed by atoms with Crippen LogP contribution in [0.25, 0.3) is 0 Å². The van der Waals surface area contributed by atoms with Crippen molar-refractivity contribution >= 4 is 5.69 Å². The zero-order valence-corrected chi connectivity index (χ0v) is 10.9. The molecule has 1 N–H and O–H groups in total. The molecule has 17 heavy (non-hydrogen) atoms. The first-order valence-electron chi connectivity index (χ1n) is 6.73. The second kappa shape index (κ2) is 5.54. The molecule has 2 nitrogen and oxygen atoms in total. The lowest BCUT2D eigenvalue weighted by Crippen LogP contribution is -2.45. The Morgan fingerprint density at radius 1 is 1.29 bits per heavy atom. The number of rotatable bonds is 3. The fourth-order valence-electron chi connectivity index (χ4n) is 2.87. The van der Waals surface area contributed by atoms with Crippen LogP contribution < -0.4 is 4.90 Å². The van der Waals surface area contributed by atoms with E-state index in [2.05, 4.69) is 43.0 Å². The molecule has 0 radical (unpaired) electrons. The molecule has 0 unspecified atom stereocenters. The third-order valence-corrected chi connectivity index (χ3v) is 3.77. The maximum Gasteiger partial charge on any atom is 0.0743 e. The van der Waals surface area contributed by atoms with Gasteiger partial charge in [-0.2, -0.15) is 0 Å². The van der Waals surface area contributed by atoms with Crippen LogP contribution in [-0.2, 0) is 0 Å². The average Bonchev–Trinajstić information content (AvgIpc) is 2.33. The van der Waals surface area contributed by atoms with Crippen molar-refractivity contribution in [3.63, 3.8) is 0 Å². The van der Waals surface area contributed by atoms with Crippen LogP contribution in [0.5, 0.6) is 0 Å². The number of hydrogen-bond acceptors (Lipinski definition) is 2. The molecule has 1 saturated carbocycles. The SMILES string of the molecule is CCN(c1cccc(C)c1)[C@@H]1CCCC[C@H]1O. The smallest absolute Gasteiger partial charge is 0.0743 e. The predicted molar refractivity (Wildman–Crippen MR) is 72.5 cm³/mol. The number of likely N-dealkylation sites (N-methyl/N-ethyl adjacent to an activating group) is 1. The molecule has 2 heteroatoms. The van der Waals surface area contributed by atoms with Crippen molar-refractivity contribution in [1.82, 2.24) is 0 Å². The van der Waals surface area contributed by atoms with Crippen molar-refractivity contribution < 1.29 is 5.11 Å². The molecule has 0 heterocycles. The number of hydrogen-bond donors (Lipinski definition) is 1. The minimum atomic E-state index is -0.163. The van der Waals surface area contributed by atoms with Gasteiger partial charge in [-0.25, -0.2) is 0 Å². The normalized spacial score (nSPS) is 24.6. The first-order chi connectivity index (χ1) is 8.22. The number of nitrogens with zero attached hydrogens (tertiary/aromatic N) is 1. The van der Waals surface area contributed by atoms with Gasteiger partial charge in [-0.05, 0) is 44.4 Å². The van der Waals surface area contributed by atoms with Crippen LogP contribution in [0, 0.1) is 6.92 Å². The summed E-state index contributed by atoms with van der Waals surface area (Å²) in [5.74, 6) is 0. The molecule has 1 aliphatic carbocycles. The summed E-state index contributed by atoms with van der Waals surface area (Å²) in [7, 11) is 0. The molecule has 0 amide bonds. The molecule has 0 aliphatic heterocycles. The van der Waals surface area contributed by atoms with Crippen LogP contribution in [0.3, 0.4) is 0 Å². The van der Waals surface area contributed by atoms with Crippen molar-refractivity contribution in [1.29, 1.82) is 0 Å². The lowest BCUT2D eigenvalue weighted by atomic mass is 9.91. The van der Waals surface area contributed by atoms with E-state index in [0.717, 1.165) is 19.4 Å². The van der Waals surface area contributed by atoms with Gasteiger partial charge in [0.15, 0.2) is 0 Å². The van der Waals surface area contributed by atoms with Gasteiger partial charge in [0.05, 0.1) is 12.1 Å². The Labute approximate surface area is 104 Å². The van der Waals surface area contributed by atoms with Crippen molar-refractivity contribution in [2.45, 2.75) is 51.7 Å². The van der Waals surface area contributed by atoms with E-state index in [1.165, 1.54) is 24.1 Å². The highest BCUT2D eigenvalue weighted by molar-refractivity contribution is 5.49. The minimum absolute atomic E-state index is 0.163. The van der Waals surface area contributed by atoms with Crippen LogP contribution >= 0.6 is 0 Å². The first-order valence-corrected chi connectivity index (χ1v) is 6.73. The van der Waals surface area contributed by atoms with Gasteiger partial charge in [0.25, 0.3) is 0 Å². The Balaban J connectivity index is 2.20. The Kier molecular flexibility index (Phi) is 4.06. The molecule has 0 aromatic heterocycles. The van der Waals surface area contributed by atoms with Gasteiger partial charge >= 0.3 is 0 Å². The molecule has 0 saturated heterocycles. The third kappa shape index (κ3) is 2.81. The van der Waals surface area contributed by atoms with Crippen LogP contribution in [0.2, 0.25) is 0 Å². The van der Waals surface area contributed by atoms with E-state index >= 15 is 0 Å². The number of aliphatic hydroxyl groups is 1. The van der Waals surface area contributed by atoms with E-state index in [0.29, 0.717) is 6.04 Å². The highest BCUT2D eigenvalue weighted by Gasteiger charge is 2.27. The van der Waals surface area contributed by atoms with Crippen molar-refractivity contribution in [2.24, 2.45) is 0 Å². The maximum atomic E-state index is 10.2. The maximum absolute atomic E-state index is 10.2. The standard InChI is InChI=1S/C15H23NO/c1-3-16(13-8-6-7-12(2)11-13)14-9-4-5-10-15(14)17/h6-8,11,14-15,17H,3-5,9-10H2,1-2H3/t14-,15-/m1/s1. The van der Waals surface area contributed by atoms with E-state index in [9.17, 15) is 5.11 Å². The number of benzene rings is 1. The highest BCUT2D eigenvalue weighted by Crippen LogP contribution is 2.27. The van der Waals surface area contributed by atoms with Crippen molar-refractivity contribution in [3.05, 3.63) is 29.8 Å². The Hall–Kier alpha value is -1.02. The molecule has 1 aromatic rings. The number of aryl methyl sites for hydroxylation is 1. The summed E-state index contributed by atoms with van der Waals surface area (Å²) in [6.07, 6.45) is 4.31. The van der Waals surface area contributed by atoms with E-state index in [1.807, 2.05) is 0 Å². The zero-order valence-electron chi connectivity index (χ0n) is 10.9. The quantitative estimate of drug-likeness (QED) is 0.867. The molecule has 94 valence electrons. The topological polar surface area (TPSA) is 23.5 Å². The Morgan fingerprint density at radius 3 is 2.71 bits per heavy atom. The van der Waals surface area contributed by atoms with E-state index in [4.69, 9.17) is 0 Å². The van der Waals surface area contributed by atoms with Crippen LogP contribution in [0.1, 0.15) is 38.2 Å². The van der Waals surface area contributed by atoms with Gasteiger partial charge in [-0.3, -0.25) is 0 Å². The summed E-state index contributed by atoms with van der Waals surface area (Å²) in [4.78, 5) is 2.36. The summed E-state index contributed by atoms with van der Waals surface area (Å²) in [6.45, 7) is 5.25. The van der Waals surface area contributed by atoms with Gasteiger partial charge in [0, 0.05) is 12.2 Å². The summed E-state index contributed by atoms with van der Waals surface area (Å²) in [5, 5.41) is 10.2. The van der Waals surface area contributed by atoms with Gasteiger partial charge < -0.3 is 10.0 Å². The Morgan fingerprint density at radius 2 is 2.06 bits per heavy atom. The van der Waals surface area contributed by atoms with Gasteiger partial charge in [-0.15, -0.1) is 0 Å². The number of aliphatic hydroxyl groups excluding tert-OH is 1. The summed E-state index contributed by atoms with van der Waals surface area (Å²) >= 11 is 0. The predicted octanol–water partition coefficient (Wildman–Crippen LogP) is 3.12. The van der Waals surface area contributed by atoms with Crippen LogP contribution in [-0.4, -0.2) is 23.8 Å². The molecule has 1 fully saturated rings. The van der Waals surface area contributed by atoms with Gasteiger partial charge in [0.1, 0.15) is 0 Å². The summed E-state index contributed by atoms with van der Waals surface area (Å²) < 4.78 is 0. The van der Waals surface area contributed by atoms with E-state index in [1.54, 1.807) is 0 Å². The monoisotopic (exact) mass is 233 g/mol. The summed E-state index contributed by atoms with van der Waals surface area (Å²) in [5.41, 5.74) is 2.53. The van der Waals surface area contributed by atoms with E-state index in [-0.39, 0.29) is 6.10 Å². The molecule has 1 aromatic carbocycles. The minimum Gasteiger partial charge on any atom is -0.391 e. The summed E-state index contributed by atoms with van der Waals surface area (Å²) in [6, 6.07) is 8.88. The first kappa shape index (κ1) is 12.4. The molecular formula is C15H23NO. The fraction of sp³-hybridized carbons (Fsp3) is 0.600. The molecule has 2 atom stereocenters. The molecule has 0 spiro atoms. The Bertz CT molecular complexity index is 364. The molecule has 0 bridgehead atoms. The van der Waals surface area contributed by atoms with Gasteiger partial charge in [-0.1, -0.05) is 25.0 Å². The fourth-order valence-corrected chi connectivity index (χ4v) is 2.87. The van der Waals surface area contributed by atoms with Crippen molar-refractivity contribution in [2.75, 3.05) is 11.4 Å². The number of anilines is 1. The van der Waals surface area contributed by atoms with Crippen LogP contribution in [0.15, 0.2) is 24.3 Å². The van der Waals surface area contributed by atoms with Gasteiger partial charge in [0.2, 0.25) is 0 Å². The van der Waals surface area contributed by atoms with Crippen molar-refractivity contribution in [3.8, 4) is 0 Å². The largest absolute Gasteiger partial charge is 0.391 e. The lowest BCUT2D eigenvalue weighted by molar-refractivity contribution is 0.104. The molecular weight excluding hydrogens is 210 g/mol. The average molecular weight is 233 g/mol. The lowest BCUT2D eigenvalue weighted by Gasteiger charge is -2.38. The molecule has 1 aliphatic rings. The molecule has 2 rings (SSSR count). The van der Waals surface area contributed by atoms with E-state index < -0.39 is 0 Å². The third-order valence-electron chi connectivity index (χ3n) is 3.77. The zero-order chi connectivity index (χ0) is 12.3. The highest BCUT2D eigenvalue weighted by atomic mass is 16.3.